The molecular weight excluding hydrogens is 527 g/mol. The lowest BCUT2D eigenvalue weighted by Crippen LogP contribution is -2.45. The van der Waals surface area contributed by atoms with Crippen LogP contribution >= 0.6 is 0 Å². The molecule has 2 aromatic heterocycles. The molecule has 3 heterocycles. The Labute approximate surface area is 237 Å². The third kappa shape index (κ3) is 7.31. The molecule has 0 unspecified atom stereocenters. The van der Waals surface area contributed by atoms with Crippen LogP contribution < -0.4 is 10.6 Å². The van der Waals surface area contributed by atoms with Gasteiger partial charge < -0.3 is 30.2 Å². The lowest BCUT2D eigenvalue weighted by molar-refractivity contribution is -0.232. The highest BCUT2D eigenvalue weighted by Gasteiger charge is 2.35. The fourth-order valence-electron chi connectivity index (χ4n) is 4.43. The number of ether oxygens (including phenoxy) is 2. The number of carbonyl (C=O) groups excluding carboxylic acids is 1. The van der Waals surface area contributed by atoms with Gasteiger partial charge in [0.1, 0.15) is 5.82 Å². The number of hydrogen-bond donors (Lipinski definition) is 4. The lowest BCUT2D eigenvalue weighted by atomic mass is 9.92. The number of aliphatic hydroxyl groups is 1. The van der Waals surface area contributed by atoms with Crippen LogP contribution in [0.4, 0.5) is 10.3 Å². The third-order valence-corrected chi connectivity index (χ3v) is 6.68. The molecule has 0 aliphatic carbocycles. The number of halogens is 1. The molecule has 1 saturated heterocycles. The summed E-state index contributed by atoms with van der Waals surface area (Å²) in [6.45, 7) is 3.67. The topological polar surface area (TPSA) is 134 Å². The van der Waals surface area contributed by atoms with Crippen LogP contribution in [-0.2, 0) is 20.7 Å². The number of benzene rings is 2. The van der Waals surface area contributed by atoms with Crippen molar-refractivity contribution >= 4 is 11.9 Å². The molecule has 5 rings (SSSR count). The zero-order chi connectivity index (χ0) is 28.7. The second kappa shape index (κ2) is 13.0. The smallest absolute Gasteiger partial charge is 0.224 e. The Kier molecular flexibility index (Phi) is 8.98. The van der Waals surface area contributed by atoms with E-state index in [0.29, 0.717) is 73.6 Å². The molecule has 0 atom stereocenters. The number of hydrogen-bond acceptors (Lipinski definition) is 8. The number of rotatable bonds is 11. The van der Waals surface area contributed by atoms with Crippen molar-refractivity contribution in [3.05, 3.63) is 84.1 Å². The van der Waals surface area contributed by atoms with E-state index < -0.39 is 11.7 Å². The number of carbonyl (C=O) groups is 1. The van der Waals surface area contributed by atoms with Crippen LogP contribution in [0.3, 0.4) is 0 Å². The van der Waals surface area contributed by atoms with Crippen molar-refractivity contribution in [1.82, 2.24) is 25.3 Å². The lowest BCUT2D eigenvalue weighted by Gasteiger charge is -2.36. The summed E-state index contributed by atoms with van der Waals surface area (Å²) in [6.07, 6.45) is 1.74. The molecule has 4 aromatic rings. The average Bonchev–Trinajstić information content (AvgIpc) is 3.43. The van der Waals surface area contributed by atoms with Crippen LogP contribution in [0.1, 0.15) is 31.0 Å². The van der Waals surface area contributed by atoms with Crippen LogP contribution in [0.15, 0.2) is 66.9 Å². The molecule has 41 heavy (non-hydrogen) atoms. The van der Waals surface area contributed by atoms with E-state index in [-0.39, 0.29) is 18.3 Å². The molecule has 1 aliphatic rings. The van der Waals surface area contributed by atoms with Gasteiger partial charge in [-0.2, -0.15) is 0 Å². The number of aliphatic hydroxyl groups excluding tert-OH is 1. The van der Waals surface area contributed by atoms with E-state index in [1.807, 2.05) is 37.3 Å². The molecule has 214 valence electrons. The first kappa shape index (κ1) is 28.3. The first-order valence-corrected chi connectivity index (χ1v) is 13.5. The second-order valence-electron chi connectivity index (χ2n) is 10.3. The Morgan fingerprint density at radius 1 is 1.10 bits per heavy atom. The zero-order valence-corrected chi connectivity index (χ0v) is 22.8. The monoisotopic (exact) mass is 560 g/mol. The van der Waals surface area contributed by atoms with Crippen LogP contribution in [-0.4, -0.2) is 63.9 Å². The highest BCUT2D eigenvalue weighted by molar-refractivity contribution is 5.78. The van der Waals surface area contributed by atoms with Gasteiger partial charge in [0.2, 0.25) is 18.1 Å². The van der Waals surface area contributed by atoms with Crippen molar-refractivity contribution in [2.24, 2.45) is 5.41 Å². The van der Waals surface area contributed by atoms with Crippen molar-refractivity contribution in [2.45, 2.75) is 26.1 Å². The van der Waals surface area contributed by atoms with E-state index in [2.05, 4.69) is 25.6 Å². The van der Waals surface area contributed by atoms with Gasteiger partial charge in [-0.15, -0.1) is 0 Å². The Morgan fingerprint density at radius 2 is 1.85 bits per heavy atom. The molecule has 1 aliphatic heterocycles. The van der Waals surface area contributed by atoms with Gasteiger partial charge in [0.15, 0.2) is 5.82 Å². The summed E-state index contributed by atoms with van der Waals surface area (Å²) in [5.74, 6) is 0.446. The van der Waals surface area contributed by atoms with Gasteiger partial charge in [-0.3, -0.25) is 4.79 Å². The van der Waals surface area contributed by atoms with Crippen LogP contribution in [0.2, 0.25) is 0 Å². The summed E-state index contributed by atoms with van der Waals surface area (Å²) in [6, 6.07) is 17.4. The molecule has 1 fully saturated rings. The van der Waals surface area contributed by atoms with E-state index in [0.717, 1.165) is 5.56 Å². The van der Waals surface area contributed by atoms with Crippen molar-refractivity contribution in [2.75, 3.05) is 38.2 Å². The average molecular weight is 561 g/mol. The SMILES string of the molecule is CC1(CNC(=O)Cc2ccccc2)COC(c2nc(-c3ccc(F)cc3)c(-c3ccnc(NCCCO)n3)[nH]2)OC1. The number of H-pyrrole nitrogens is 1. The van der Waals surface area contributed by atoms with Gasteiger partial charge in [-0.25, -0.2) is 19.3 Å². The Hall–Kier alpha value is -4.19. The van der Waals surface area contributed by atoms with Crippen molar-refractivity contribution in [3.8, 4) is 22.6 Å². The van der Waals surface area contributed by atoms with Crippen LogP contribution in [0.5, 0.6) is 0 Å². The van der Waals surface area contributed by atoms with E-state index in [1.165, 1.54) is 12.1 Å². The number of anilines is 1. The van der Waals surface area contributed by atoms with E-state index in [4.69, 9.17) is 19.6 Å². The highest BCUT2D eigenvalue weighted by Crippen LogP contribution is 2.35. The standard InChI is InChI=1S/C30H33FN6O4/c1-30(17-34-24(39)16-20-6-3-2-4-7-20)18-40-28(41-19-30)27-36-25(21-8-10-22(31)11-9-21)26(37-27)23-12-14-33-29(35-23)32-13-5-15-38/h2-4,6-12,14,28,38H,5,13,15-19H2,1H3,(H,34,39)(H,36,37)(H,32,33,35). The first-order chi connectivity index (χ1) is 19.9. The number of nitrogens with one attached hydrogen (secondary N) is 3. The first-order valence-electron chi connectivity index (χ1n) is 13.5. The van der Waals surface area contributed by atoms with E-state index >= 15 is 0 Å². The van der Waals surface area contributed by atoms with Gasteiger partial charge in [0.25, 0.3) is 0 Å². The molecule has 0 saturated carbocycles. The molecule has 1 amide bonds. The molecular formula is C30H33FN6O4. The number of aromatic nitrogens is 4. The molecule has 2 aromatic carbocycles. The summed E-state index contributed by atoms with van der Waals surface area (Å²) in [7, 11) is 0. The molecule has 4 N–H and O–H groups in total. The zero-order valence-electron chi connectivity index (χ0n) is 22.8. The van der Waals surface area contributed by atoms with E-state index in [1.54, 1.807) is 24.4 Å². The maximum atomic E-state index is 13.7. The second-order valence-corrected chi connectivity index (χ2v) is 10.3. The summed E-state index contributed by atoms with van der Waals surface area (Å²) in [5.41, 5.74) is 2.97. The minimum Gasteiger partial charge on any atom is -0.396 e. The summed E-state index contributed by atoms with van der Waals surface area (Å²) in [5, 5.41) is 15.1. The maximum Gasteiger partial charge on any atom is 0.224 e. The summed E-state index contributed by atoms with van der Waals surface area (Å²) >= 11 is 0. The largest absolute Gasteiger partial charge is 0.396 e. The predicted molar refractivity (Wildman–Crippen MR) is 151 cm³/mol. The maximum absolute atomic E-state index is 13.7. The number of aromatic amines is 1. The molecule has 11 heteroatoms. The van der Waals surface area contributed by atoms with Gasteiger partial charge in [-0.1, -0.05) is 37.3 Å². The molecule has 0 bridgehead atoms. The molecule has 10 nitrogen and oxygen atoms in total. The summed E-state index contributed by atoms with van der Waals surface area (Å²) < 4.78 is 25.8. The summed E-state index contributed by atoms with van der Waals surface area (Å²) in [4.78, 5) is 29.4. The van der Waals surface area contributed by atoms with Crippen molar-refractivity contribution in [1.29, 1.82) is 0 Å². The van der Waals surface area contributed by atoms with Crippen LogP contribution in [0.25, 0.3) is 22.6 Å². The number of amides is 1. The fraction of sp³-hybridized carbons (Fsp3) is 0.333. The van der Waals surface area contributed by atoms with Gasteiger partial charge in [0.05, 0.1) is 36.7 Å². The predicted octanol–water partition coefficient (Wildman–Crippen LogP) is 3.88. The van der Waals surface area contributed by atoms with Crippen molar-refractivity contribution < 1.29 is 23.8 Å². The van der Waals surface area contributed by atoms with Crippen LogP contribution in [0, 0.1) is 11.2 Å². The fourth-order valence-corrected chi connectivity index (χ4v) is 4.43. The third-order valence-electron chi connectivity index (χ3n) is 6.68. The minimum atomic E-state index is -0.764. The molecule has 0 radical (unpaired) electrons. The Bertz CT molecular complexity index is 1440. The number of imidazole rings is 1. The quantitative estimate of drug-likeness (QED) is 0.203. The van der Waals surface area contributed by atoms with Gasteiger partial charge >= 0.3 is 0 Å². The normalized spacial score (nSPS) is 18.7. The number of nitrogens with zero attached hydrogens (tertiary/aromatic N) is 3. The molecule has 0 spiro atoms. The Morgan fingerprint density at radius 3 is 2.59 bits per heavy atom. The highest BCUT2D eigenvalue weighted by atomic mass is 19.1. The van der Waals surface area contributed by atoms with Gasteiger partial charge in [0, 0.05) is 36.9 Å². The van der Waals surface area contributed by atoms with Gasteiger partial charge in [-0.05, 0) is 42.3 Å². The van der Waals surface area contributed by atoms with Crippen molar-refractivity contribution in [3.63, 3.8) is 0 Å². The van der Waals surface area contributed by atoms with E-state index in [9.17, 15) is 9.18 Å². The Balaban J connectivity index is 1.30. The minimum absolute atomic E-state index is 0.0609.